The van der Waals surface area contributed by atoms with E-state index < -0.39 is 10.0 Å². The van der Waals surface area contributed by atoms with Gasteiger partial charge >= 0.3 is 0 Å². The summed E-state index contributed by atoms with van der Waals surface area (Å²) in [5.41, 5.74) is 0. The van der Waals surface area contributed by atoms with Crippen molar-refractivity contribution in [2.45, 2.75) is 17.1 Å². The molecule has 0 unspecified atom stereocenters. The van der Waals surface area contributed by atoms with Crippen molar-refractivity contribution >= 4 is 43.2 Å². The molecule has 0 radical (unpaired) electrons. The third kappa shape index (κ3) is 3.79. The van der Waals surface area contributed by atoms with Crippen LogP contribution >= 0.6 is 27.3 Å². The number of nitrogens with zero attached hydrogens (tertiary/aromatic N) is 2. The van der Waals surface area contributed by atoms with Gasteiger partial charge in [0.1, 0.15) is 4.21 Å². The number of carbonyl (C=O) groups excluding carboxylic acids is 1. The fraction of sp³-hybridized carbons (Fsp3) is 0.643. The molecule has 1 aromatic heterocycles. The molecule has 9 heteroatoms. The van der Waals surface area contributed by atoms with E-state index in [1.54, 1.807) is 12.1 Å². The van der Waals surface area contributed by atoms with Gasteiger partial charge in [0.15, 0.2) is 0 Å². The summed E-state index contributed by atoms with van der Waals surface area (Å²) < 4.78 is 33.1. The van der Waals surface area contributed by atoms with Crippen LogP contribution in [0.2, 0.25) is 0 Å². The predicted octanol–water partition coefficient (Wildman–Crippen LogP) is 1.77. The van der Waals surface area contributed by atoms with Crippen molar-refractivity contribution in [1.82, 2.24) is 9.21 Å². The third-order valence-electron chi connectivity index (χ3n) is 4.27. The Kier molecular flexibility index (Phi) is 5.42. The van der Waals surface area contributed by atoms with Crippen LogP contribution in [0.5, 0.6) is 0 Å². The molecule has 3 rings (SSSR count). The first-order valence-electron chi connectivity index (χ1n) is 7.60. The van der Waals surface area contributed by atoms with E-state index in [-0.39, 0.29) is 11.8 Å². The molecule has 1 aromatic rings. The predicted molar refractivity (Wildman–Crippen MR) is 90.9 cm³/mol. The Labute approximate surface area is 148 Å². The smallest absolute Gasteiger partial charge is 0.252 e. The van der Waals surface area contributed by atoms with E-state index in [0.29, 0.717) is 56.4 Å². The third-order valence-corrected chi connectivity index (χ3v) is 8.26. The lowest BCUT2D eigenvalue weighted by atomic mass is 9.96. The van der Waals surface area contributed by atoms with Gasteiger partial charge < -0.3 is 9.64 Å². The van der Waals surface area contributed by atoms with Gasteiger partial charge in [-0.05, 0) is 40.9 Å². The van der Waals surface area contributed by atoms with Gasteiger partial charge in [-0.25, -0.2) is 8.42 Å². The Hall–Kier alpha value is -0.480. The summed E-state index contributed by atoms with van der Waals surface area (Å²) in [6, 6.07) is 3.36. The minimum Gasteiger partial charge on any atom is -0.378 e. The monoisotopic (exact) mass is 422 g/mol. The second kappa shape index (κ2) is 7.18. The van der Waals surface area contributed by atoms with Crippen LogP contribution in [0.4, 0.5) is 0 Å². The molecular formula is C14H19BrN2O4S2. The highest BCUT2D eigenvalue weighted by Gasteiger charge is 2.34. The SMILES string of the molecule is O=C(C1CCN(S(=O)(=O)c2ccc(Br)s2)CC1)N1CCOCC1. The Bertz CT molecular complexity index is 662. The molecule has 0 spiro atoms. The maximum Gasteiger partial charge on any atom is 0.252 e. The zero-order valence-electron chi connectivity index (χ0n) is 12.6. The van der Waals surface area contributed by atoms with Crippen LogP contribution in [0.1, 0.15) is 12.8 Å². The summed E-state index contributed by atoms with van der Waals surface area (Å²) in [4.78, 5) is 14.3. The van der Waals surface area contributed by atoms with E-state index in [1.165, 1.54) is 15.6 Å². The van der Waals surface area contributed by atoms with Crippen molar-refractivity contribution in [3.05, 3.63) is 15.9 Å². The van der Waals surface area contributed by atoms with E-state index in [9.17, 15) is 13.2 Å². The second-order valence-electron chi connectivity index (χ2n) is 5.67. The molecule has 0 bridgehead atoms. The van der Waals surface area contributed by atoms with Crippen LogP contribution in [0.25, 0.3) is 0 Å². The minimum absolute atomic E-state index is 0.0744. The molecule has 3 heterocycles. The molecule has 6 nitrogen and oxygen atoms in total. The van der Waals surface area contributed by atoms with Gasteiger partial charge in [0.05, 0.1) is 17.0 Å². The van der Waals surface area contributed by atoms with Crippen LogP contribution in [0.3, 0.4) is 0 Å². The number of rotatable bonds is 3. The number of ether oxygens (including phenoxy) is 1. The largest absolute Gasteiger partial charge is 0.378 e. The van der Waals surface area contributed by atoms with Gasteiger partial charge in [-0.3, -0.25) is 4.79 Å². The average molecular weight is 423 g/mol. The van der Waals surface area contributed by atoms with Crippen LogP contribution in [0.15, 0.2) is 20.1 Å². The summed E-state index contributed by atoms with van der Waals surface area (Å²) >= 11 is 4.51. The van der Waals surface area contributed by atoms with Crippen LogP contribution < -0.4 is 0 Å². The minimum atomic E-state index is -3.44. The van der Waals surface area contributed by atoms with E-state index >= 15 is 0 Å². The number of carbonyl (C=O) groups is 1. The number of sulfonamides is 1. The average Bonchev–Trinajstić information content (AvgIpc) is 3.02. The van der Waals surface area contributed by atoms with Crippen LogP contribution in [0, 0.1) is 5.92 Å². The molecule has 2 saturated heterocycles. The fourth-order valence-corrected chi connectivity index (χ4v) is 6.58. The molecule has 23 heavy (non-hydrogen) atoms. The van der Waals surface area contributed by atoms with Crippen molar-refractivity contribution in [2.75, 3.05) is 39.4 Å². The van der Waals surface area contributed by atoms with Gasteiger partial charge in [-0.15, -0.1) is 11.3 Å². The first-order chi connectivity index (χ1) is 11.0. The molecule has 2 aliphatic heterocycles. The van der Waals surface area contributed by atoms with Gasteiger partial charge in [-0.2, -0.15) is 4.31 Å². The summed E-state index contributed by atoms with van der Waals surface area (Å²) in [5.74, 6) is 0.0684. The highest BCUT2D eigenvalue weighted by atomic mass is 79.9. The molecule has 0 aromatic carbocycles. The van der Waals surface area contributed by atoms with Gasteiger partial charge in [0.2, 0.25) is 5.91 Å². The number of thiophene rings is 1. The second-order valence-corrected chi connectivity index (χ2v) is 10.3. The number of halogens is 1. The molecule has 1 amide bonds. The number of amides is 1. The standard InChI is InChI=1S/C14H19BrN2O4S2/c15-12-1-2-13(22-12)23(19,20)17-5-3-11(4-6-17)14(18)16-7-9-21-10-8-16/h1-2,11H,3-10H2. The molecule has 128 valence electrons. The first kappa shape index (κ1) is 17.3. The van der Waals surface area contributed by atoms with Gasteiger partial charge in [0, 0.05) is 32.1 Å². The Morgan fingerprint density at radius 2 is 1.83 bits per heavy atom. The Morgan fingerprint density at radius 1 is 1.17 bits per heavy atom. The van der Waals surface area contributed by atoms with E-state index in [1.807, 2.05) is 4.90 Å². The maximum atomic E-state index is 12.6. The first-order valence-corrected chi connectivity index (χ1v) is 10.7. The van der Waals surface area contributed by atoms with Crippen LogP contribution in [-0.2, 0) is 19.6 Å². The van der Waals surface area contributed by atoms with Crippen molar-refractivity contribution in [3.8, 4) is 0 Å². The number of piperidine rings is 1. The van der Waals surface area contributed by atoms with Crippen molar-refractivity contribution < 1.29 is 17.9 Å². The van der Waals surface area contributed by atoms with Crippen LogP contribution in [-0.4, -0.2) is 62.9 Å². The normalized spacial score (nSPS) is 21.5. The summed E-state index contributed by atoms with van der Waals surface area (Å²) in [7, 11) is -3.44. The Morgan fingerprint density at radius 3 is 2.39 bits per heavy atom. The van der Waals surface area contributed by atoms with Crippen molar-refractivity contribution in [3.63, 3.8) is 0 Å². The summed E-state index contributed by atoms with van der Waals surface area (Å²) in [5, 5.41) is 0. The molecule has 0 aliphatic carbocycles. The number of hydrogen-bond acceptors (Lipinski definition) is 5. The van der Waals surface area contributed by atoms with Crippen molar-refractivity contribution in [2.24, 2.45) is 5.92 Å². The molecule has 0 N–H and O–H groups in total. The van der Waals surface area contributed by atoms with E-state index in [2.05, 4.69) is 15.9 Å². The van der Waals surface area contributed by atoms with Gasteiger partial charge in [0.25, 0.3) is 10.0 Å². The topological polar surface area (TPSA) is 66.9 Å². The highest BCUT2D eigenvalue weighted by molar-refractivity contribution is 9.11. The van der Waals surface area contributed by atoms with E-state index in [0.717, 1.165) is 3.79 Å². The molecule has 0 atom stereocenters. The summed E-state index contributed by atoms with van der Waals surface area (Å²) in [6.07, 6.45) is 1.17. The molecule has 0 saturated carbocycles. The highest BCUT2D eigenvalue weighted by Crippen LogP contribution is 2.31. The molecule has 2 fully saturated rings. The lowest BCUT2D eigenvalue weighted by molar-refractivity contribution is -0.140. The lowest BCUT2D eigenvalue weighted by Crippen LogP contribution is -2.47. The molecular weight excluding hydrogens is 404 g/mol. The van der Waals surface area contributed by atoms with Crippen molar-refractivity contribution in [1.29, 1.82) is 0 Å². The fourth-order valence-electron chi connectivity index (χ4n) is 2.95. The number of hydrogen-bond donors (Lipinski definition) is 0. The molecule has 2 aliphatic rings. The quantitative estimate of drug-likeness (QED) is 0.744. The zero-order valence-corrected chi connectivity index (χ0v) is 15.8. The Balaban J connectivity index is 1.60. The summed E-state index contributed by atoms with van der Waals surface area (Å²) in [6.45, 7) is 3.26. The maximum absolute atomic E-state index is 12.6. The zero-order chi connectivity index (χ0) is 16.4. The number of morpholine rings is 1. The lowest BCUT2D eigenvalue weighted by Gasteiger charge is -2.34. The van der Waals surface area contributed by atoms with E-state index in [4.69, 9.17) is 4.74 Å². The van der Waals surface area contributed by atoms with Gasteiger partial charge in [-0.1, -0.05) is 0 Å².